The Morgan fingerprint density at radius 1 is 1.06 bits per heavy atom. The van der Waals surface area contributed by atoms with Crippen LogP contribution < -0.4 is 4.74 Å². The normalized spacial score (nSPS) is 11.5. The van der Waals surface area contributed by atoms with Gasteiger partial charge in [-0.15, -0.1) is 0 Å². The monoisotopic (exact) mass is 300 g/mol. The van der Waals surface area contributed by atoms with E-state index in [2.05, 4.69) is 49.2 Å². The third kappa shape index (κ3) is 6.69. The molecule has 0 atom stereocenters. The zero-order valence-electron chi connectivity index (χ0n) is 11.1. The number of hydrogen-bond acceptors (Lipinski definition) is 1. The van der Waals surface area contributed by atoms with Crippen LogP contribution >= 0.6 is 15.9 Å². The van der Waals surface area contributed by atoms with Crippen LogP contribution in [0.15, 0.2) is 24.3 Å². The summed E-state index contributed by atoms with van der Waals surface area (Å²) in [5, 5.41) is 0.900. The SMILES string of the molecule is C[N+](C)(C)CCCCOc1ccc(CBr)cc1. The Labute approximate surface area is 113 Å². The highest BCUT2D eigenvalue weighted by Gasteiger charge is 2.05. The Balaban J connectivity index is 2.18. The molecule has 2 nitrogen and oxygen atoms in total. The van der Waals surface area contributed by atoms with Crippen LogP contribution in [0.5, 0.6) is 5.75 Å². The molecule has 17 heavy (non-hydrogen) atoms. The lowest BCUT2D eigenvalue weighted by molar-refractivity contribution is -0.870. The third-order valence-electron chi connectivity index (χ3n) is 2.57. The number of hydrogen-bond donors (Lipinski definition) is 0. The number of alkyl halides is 1. The molecular formula is C14H23BrNO+. The van der Waals surface area contributed by atoms with E-state index in [1.807, 2.05) is 12.1 Å². The molecule has 0 aliphatic rings. The van der Waals surface area contributed by atoms with E-state index in [0.29, 0.717) is 0 Å². The first-order valence-electron chi connectivity index (χ1n) is 6.09. The van der Waals surface area contributed by atoms with Crippen molar-refractivity contribution in [2.75, 3.05) is 34.3 Å². The maximum atomic E-state index is 5.70. The van der Waals surface area contributed by atoms with E-state index < -0.39 is 0 Å². The van der Waals surface area contributed by atoms with Crippen LogP contribution in [0.2, 0.25) is 0 Å². The van der Waals surface area contributed by atoms with E-state index in [9.17, 15) is 0 Å². The second-order valence-electron chi connectivity index (χ2n) is 5.35. The molecule has 0 saturated carbocycles. The van der Waals surface area contributed by atoms with Crippen LogP contribution in [0.4, 0.5) is 0 Å². The minimum atomic E-state index is 0.813. The number of quaternary nitrogens is 1. The summed E-state index contributed by atoms with van der Waals surface area (Å²) in [6, 6.07) is 8.26. The van der Waals surface area contributed by atoms with E-state index >= 15 is 0 Å². The van der Waals surface area contributed by atoms with Gasteiger partial charge in [-0.1, -0.05) is 28.1 Å². The molecule has 0 aliphatic carbocycles. The fourth-order valence-corrected chi connectivity index (χ4v) is 1.93. The van der Waals surface area contributed by atoms with Gasteiger partial charge >= 0.3 is 0 Å². The van der Waals surface area contributed by atoms with Gasteiger partial charge in [-0.3, -0.25) is 0 Å². The lowest BCUT2D eigenvalue weighted by Crippen LogP contribution is -2.35. The summed E-state index contributed by atoms with van der Waals surface area (Å²) in [5.41, 5.74) is 1.28. The van der Waals surface area contributed by atoms with E-state index in [-0.39, 0.29) is 0 Å². The maximum absolute atomic E-state index is 5.70. The predicted octanol–water partition coefficient (Wildman–Crippen LogP) is 3.45. The van der Waals surface area contributed by atoms with Gasteiger partial charge in [0.15, 0.2) is 0 Å². The van der Waals surface area contributed by atoms with Crippen molar-refractivity contribution in [2.45, 2.75) is 18.2 Å². The van der Waals surface area contributed by atoms with Crippen molar-refractivity contribution in [1.29, 1.82) is 0 Å². The number of halogens is 1. The zero-order chi connectivity index (χ0) is 12.7. The van der Waals surface area contributed by atoms with Gasteiger partial charge in [-0.05, 0) is 30.5 Å². The molecule has 0 fully saturated rings. The fraction of sp³-hybridized carbons (Fsp3) is 0.571. The first-order valence-corrected chi connectivity index (χ1v) is 7.21. The van der Waals surface area contributed by atoms with Crippen LogP contribution in [0.1, 0.15) is 18.4 Å². The molecule has 0 aromatic heterocycles. The lowest BCUT2D eigenvalue weighted by Gasteiger charge is -2.23. The summed E-state index contributed by atoms with van der Waals surface area (Å²) in [4.78, 5) is 0. The second-order valence-corrected chi connectivity index (χ2v) is 5.91. The van der Waals surface area contributed by atoms with Gasteiger partial charge in [0, 0.05) is 5.33 Å². The van der Waals surface area contributed by atoms with Gasteiger partial charge in [0.05, 0.1) is 34.3 Å². The Bertz CT molecular complexity index is 316. The topological polar surface area (TPSA) is 9.23 Å². The van der Waals surface area contributed by atoms with Crippen molar-refractivity contribution in [3.05, 3.63) is 29.8 Å². The van der Waals surface area contributed by atoms with Crippen molar-refractivity contribution in [2.24, 2.45) is 0 Å². The first-order chi connectivity index (χ1) is 8.01. The van der Waals surface area contributed by atoms with Crippen LogP contribution in [0.25, 0.3) is 0 Å². The molecule has 0 N–H and O–H groups in total. The zero-order valence-corrected chi connectivity index (χ0v) is 12.7. The lowest BCUT2D eigenvalue weighted by atomic mass is 10.2. The van der Waals surface area contributed by atoms with E-state index in [1.54, 1.807) is 0 Å². The van der Waals surface area contributed by atoms with Gasteiger partial charge in [0.1, 0.15) is 5.75 Å². The summed E-state index contributed by atoms with van der Waals surface area (Å²) < 4.78 is 6.73. The first kappa shape index (κ1) is 14.5. The Kier molecular flexibility index (Phi) is 6.00. The van der Waals surface area contributed by atoms with Crippen molar-refractivity contribution in [1.82, 2.24) is 0 Å². The Morgan fingerprint density at radius 2 is 1.71 bits per heavy atom. The molecule has 3 heteroatoms. The number of nitrogens with zero attached hydrogens (tertiary/aromatic N) is 1. The molecule has 0 saturated heterocycles. The number of unbranched alkanes of at least 4 members (excludes halogenated alkanes) is 1. The highest BCUT2D eigenvalue weighted by atomic mass is 79.9. The fourth-order valence-electron chi connectivity index (χ4n) is 1.55. The number of benzene rings is 1. The molecule has 0 aliphatic heterocycles. The highest BCUT2D eigenvalue weighted by Crippen LogP contribution is 2.14. The molecular weight excluding hydrogens is 278 g/mol. The minimum Gasteiger partial charge on any atom is -0.494 e. The average Bonchev–Trinajstić information content (AvgIpc) is 2.28. The van der Waals surface area contributed by atoms with Crippen molar-refractivity contribution in [3.8, 4) is 5.75 Å². The Hall–Kier alpha value is -0.540. The van der Waals surface area contributed by atoms with E-state index in [1.165, 1.54) is 18.5 Å². The van der Waals surface area contributed by atoms with Gasteiger partial charge in [0.2, 0.25) is 0 Å². The minimum absolute atomic E-state index is 0.813. The third-order valence-corrected chi connectivity index (χ3v) is 3.22. The highest BCUT2D eigenvalue weighted by molar-refractivity contribution is 9.08. The maximum Gasteiger partial charge on any atom is 0.119 e. The summed E-state index contributed by atoms with van der Waals surface area (Å²) in [5.74, 6) is 0.972. The molecule has 0 amide bonds. The molecule has 0 radical (unpaired) electrons. The molecule has 0 spiro atoms. The van der Waals surface area contributed by atoms with Crippen LogP contribution in [0, 0.1) is 0 Å². The smallest absolute Gasteiger partial charge is 0.119 e. The summed E-state index contributed by atoms with van der Waals surface area (Å²) in [7, 11) is 6.67. The number of rotatable bonds is 7. The Morgan fingerprint density at radius 3 is 2.24 bits per heavy atom. The standard InChI is InChI=1S/C14H23BrNO/c1-16(2,3)10-4-5-11-17-14-8-6-13(12-15)7-9-14/h6-9H,4-5,10-12H2,1-3H3/q+1. The van der Waals surface area contributed by atoms with Gasteiger partial charge in [-0.2, -0.15) is 0 Å². The molecule has 1 rings (SSSR count). The average molecular weight is 301 g/mol. The molecule has 1 aromatic carbocycles. The second kappa shape index (κ2) is 7.02. The van der Waals surface area contributed by atoms with Crippen LogP contribution in [0.3, 0.4) is 0 Å². The van der Waals surface area contributed by atoms with Gasteiger partial charge in [-0.25, -0.2) is 0 Å². The molecule has 0 bridgehead atoms. The van der Waals surface area contributed by atoms with E-state index in [0.717, 1.165) is 28.6 Å². The predicted molar refractivity (Wildman–Crippen MR) is 76.7 cm³/mol. The summed E-state index contributed by atoms with van der Waals surface area (Å²) >= 11 is 3.43. The summed E-state index contributed by atoms with van der Waals surface area (Å²) in [6.07, 6.45) is 2.33. The quantitative estimate of drug-likeness (QED) is 0.426. The molecule has 0 unspecified atom stereocenters. The number of ether oxygens (including phenoxy) is 1. The van der Waals surface area contributed by atoms with Crippen molar-refractivity contribution >= 4 is 15.9 Å². The molecule has 1 aromatic rings. The van der Waals surface area contributed by atoms with Crippen molar-refractivity contribution < 1.29 is 9.22 Å². The summed E-state index contributed by atoms with van der Waals surface area (Å²) in [6.45, 7) is 2.01. The molecule has 96 valence electrons. The van der Waals surface area contributed by atoms with Gasteiger partial charge < -0.3 is 9.22 Å². The van der Waals surface area contributed by atoms with E-state index in [4.69, 9.17) is 4.74 Å². The van der Waals surface area contributed by atoms with Crippen LogP contribution in [-0.2, 0) is 5.33 Å². The van der Waals surface area contributed by atoms with Crippen LogP contribution in [-0.4, -0.2) is 38.8 Å². The molecule has 0 heterocycles. The van der Waals surface area contributed by atoms with Gasteiger partial charge in [0.25, 0.3) is 0 Å². The van der Waals surface area contributed by atoms with Crippen molar-refractivity contribution in [3.63, 3.8) is 0 Å². The largest absolute Gasteiger partial charge is 0.494 e.